The second-order valence-corrected chi connectivity index (χ2v) is 7.07. The van der Waals surface area contributed by atoms with Crippen molar-refractivity contribution in [2.45, 2.75) is 25.0 Å². The van der Waals surface area contributed by atoms with Crippen molar-refractivity contribution in [2.24, 2.45) is 0 Å². The van der Waals surface area contributed by atoms with Crippen LogP contribution in [-0.2, 0) is 19.6 Å². The number of amides is 1. The summed E-state index contributed by atoms with van der Waals surface area (Å²) >= 11 is 0. The number of carbonyl (C=O) groups is 1. The third kappa shape index (κ3) is 5.04. The molecule has 22 heavy (non-hydrogen) atoms. The van der Waals surface area contributed by atoms with Crippen molar-refractivity contribution in [3.05, 3.63) is 35.6 Å². The Labute approximate surface area is 129 Å². The molecule has 8 heteroatoms. The summed E-state index contributed by atoms with van der Waals surface area (Å²) in [5, 5.41) is 2.75. The van der Waals surface area contributed by atoms with Gasteiger partial charge in [0.15, 0.2) is 0 Å². The molecule has 0 radical (unpaired) electrons. The fourth-order valence-electron chi connectivity index (χ4n) is 2.35. The third-order valence-electron chi connectivity index (χ3n) is 3.38. The molecule has 2 rings (SSSR count). The topological polar surface area (TPSA) is 84.5 Å². The van der Waals surface area contributed by atoms with Crippen LogP contribution in [-0.4, -0.2) is 39.8 Å². The van der Waals surface area contributed by atoms with Gasteiger partial charge in [0.25, 0.3) is 0 Å². The maximum atomic E-state index is 13.0. The normalized spacial score (nSPS) is 19.8. The van der Waals surface area contributed by atoms with Crippen LogP contribution in [0.5, 0.6) is 0 Å². The Morgan fingerprint density at radius 2 is 2.09 bits per heavy atom. The quantitative estimate of drug-likeness (QED) is 0.805. The zero-order valence-corrected chi connectivity index (χ0v) is 13.0. The lowest BCUT2D eigenvalue weighted by molar-refractivity contribution is -0.121. The monoisotopic (exact) mass is 330 g/mol. The Morgan fingerprint density at radius 3 is 2.64 bits per heavy atom. The molecule has 0 saturated carbocycles. The van der Waals surface area contributed by atoms with Crippen LogP contribution >= 0.6 is 0 Å². The molecule has 2 atom stereocenters. The van der Waals surface area contributed by atoms with Crippen LogP contribution in [0.3, 0.4) is 0 Å². The highest BCUT2D eigenvalue weighted by Crippen LogP contribution is 2.27. The Kier molecular flexibility index (Phi) is 5.49. The standard InChI is InChI=1S/C14H19FN2O4S/c1-22(19,20)16-9-13(18)17-14(12-3-2-8-21-12)10-4-6-11(15)7-5-10/h4-7,12,14,16H,2-3,8-9H2,1H3,(H,17,18)/t12-,14+/m1/s1. The molecule has 0 unspecified atom stereocenters. The number of hydrogen-bond acceptors (Lipinski definition) is 4. The predicted octanol–water partition coefficient (Wildman–Crippen LogP) is 0.711. The van der Waals surface area contributed by atoms with Gasteiger partial charge in [0.05, 0.1) is 24.9 Å². The maximum Gasteiger partial charge on any atom is 0.235 e. The SMILES string of the molecule is CS(=O)(=O)NCC(=O)N[C@@H](c1ccc(F)cc1)[C@H]1CCCO1. The Balaban J connectivity index is 2.07. The van der Waals surface area contributed by atoms with Crippen molar-refractivity contribution >= 4 is 15.9 Å². The first-order valence-electron chi connectivity index (χ1n) is 6.96. The molecule has 1 amide bonds. The minimum atomic E-state index is -3.44. The van der Waals surface area contributed by atoms with Crippen molar-refractivity contribution in [2.75, 3.05) is 19.4 Å². The number of nitrogens with one attached hydrogen (secondary N) is 2. The van der Waals surface area contributed by atoms with Gasteiger partial charge >= 0.3 is 0 Å². The van der Waals surface area contributed by atoms with Gasteiger partial charge < -0.3 is 10.1 Å². The fraction of sp³-hybridized carbons (Fsp3) is 0.500. The van der Waals surface area contributed by atoms with Gasteiger partial charge in [0, 0.05) is 6.61 Å². The summed E-state index contributed by atoms with van der Waals surface area (Å²) in [6, 6.07) is 5.38. The molecule has 1 fully saturated rings. The Hall–Kier alpha value is -1.51. The van der Waals surface area contributed by atoms with Gasteiger partial charge in [-0.25, -0.2) is 17.5 Å². The van der Waals surface area contributed by atoms with Gasteiger partial charge in [-0.15, -0.1) is 0 Å². The van der Waals surface area contributed by atoms with Crippen LogP contribution < -0.4 is 10.0 Å². The molecule has 1 aliphatic heterocycles. The van der Waals surface area contributed by atoms with Crippen molar-refractivity contribution in [3.8, 4) is 0 Å². The van der Waals surface area contributed by atoms with Crippen LogP contribution in [0, 0.1) is 5.82 Å². The number of ether oxygens (including phenoxy) is 1. The zero-order chi connectivity index (χ0) is 16.2. The van der Waals surface area contributed by atoms with Crippen molar-refractivity contribution < 1.29 is 22.3 Å². The average molecular weight is 330 g/mol. The van der Waals surface area contributed by atoms with E-state index in [1.54, 1.807) is 12.1 Å². The van der Waals surface area contributed by atoms with Gasteiger partial charge in [0.2, 0.25) is 15.9 Å². The molecule has 1 aliphatic rings. The highest BCUT2D eigenvalue weighted by molar-refractivity contribution is 7.88. The van der Waals surface area contributed by atoms with Gasteiger partial charge in [-0.3, -0.25) is 4.79 Å². The van der Waals surface area contributed by atoms with E-state index < -0.39 is 22.0 Å². The molecule has 1 aromatic rings. The van der Waals surface area contributed by atoms with E-state index in [0.717, 1.165) is 24.7 Å². The molecule has 6 nitrogen and oxygen atoms in total. The largest absolute Gasteiger partial charge is 0.376 e. The average Bonchev–Trinajstić information content (AvgIpc) is 2.97. The summed E-state index contributed by atoms with van der Waals surface area (Å²) in [4.78, 5) is 11.9. The maximum absolute atomic E-state index is 13.0. The summed E-state index contributed by atoms with van der Waals surface area (Å²) in [6.07, 6.45) is 2.45. The van der Waals surface area contributed by atoms with Crippen LogP contribution in [0.2, 0.25) is 0 Å². The van der Waals surface area contributed by atoms with Gasteiger partial charge in [-0.05, 0) is 30.5 Å². The molecule has 1 heterocycles. The highest BCUT2D eigenvalue weighted by atomic mass is 32.2. The Bertz CT molecular complexity index is 612. The lowest BCUT2D eigenvalue weighted by Crippen LogP contribution is -2.41. The fourth-order valence-corrected chi connectivity index (χ4v) is 2.74. The molecule has 122 valence electrons. The molecule has 1 aromatic carbocycles. The number of sulfonamides is 1. The second-order valence-electron chi connectivity index (χ2n) is 5.24. The number of hydrogen-bond donors (Lipinski definition) is 2. The minimum Gasteiger partial charge on any atom is -0.376 e. The van der Waals surface area contributed by atoms with Crippen LogP contribution in [0.15, 0.2) is 24.3 Å². The highest BCUT2D eigenvalue weighted by Gasteiger charge is 2.28. The van der Waals surface area contributed by atoms with Gasteiger partial charge in [-0.1, -0.05) is 12.1 Å². The number of carbonyl (C=O) groups excluding carboxylic acids is 1. The number of benzene rings is 1. The van der Waals surface area contributed by atoms with Gasteiger partial charge in [-0.2, -0.15) is 0 Å². The van der Waals surface area contributed by atoms with Crippen molar-refractivity contribution in [1.82, 2.24) is 10.0 Å². The molecule has 1 saturated heterocycles. The van der Waals surface area contributed by atoms with Crippen molar-refractivity contribution in [1.29, 1.82) is 0 Å². The summed E-state index contributed by atoms with van der Waals surface area (Å²) in [5.74, 6) is -0.824. The van der Waals surface area contributed by atoms with E-state index in [9.17, 15) is 17.6 Å². The molecular formula is C14H19FN2O4S. The van der Waals surface area contributed by atoms with Crippen molar-refractivity contribution in [3.63, 3.8) is 0 Å². The molecular weight excluding hydrogens is 311 g/mol. The number of halogens is 1. The van der Waals surface area contributed by atoms with E-state index in [1.165, 1.54) is 12.1 Å². The van der Waals surface area contributed by atoms with Gasteiger partial charge in [0.1, 0.15) is 5.82 Å². The summed E-state index contributed by atoms with van der Waals surface area (Å²) < 4.78 is 42.8. The van der Waals surface area contributed by atoms with E-state index >= 15 is 0 Å². The van der Waals surface area contributed by atoms with Crippen LogP contribution in [0.4, 0.5) is 4.39 Å². The minimum absolute atomic E-state index is 0.201. The van der Waals surface area contributed by atoms with Crippen LogP contribution in [0.25, 0.3) is 0 Å². The molecule has 0 bridgehead atoms. The molecule has 2 N–H and O–H groups in total. The summed E-state index contributed by atoms with van der Waals surface area (Å²) in [5.41, 5.74) is 0.723. The van der Waals surface area contributed by atoms with E-state index in [0.29, 0.717) is 6.61 Å². The van der Waals surface area contributed by atoms with E-state index in [-0.39, 0.29) is 18.5 Å². The van der Waals surface area contributed by atoms with E-state index in [1.807, 2.05) is 0 Å². The smallest absolute Gasteiger partial charge is 0.235 e. The van der Waals surface area contributed by atoms with E-state index in [4.69, 9.17) is 4.74 Å². The second kappa shape index (κ2) is 7.17. The predicted molar refractivity (Wildman–Crippen MR) is 79.1 cm³/mol. The number of rotatable bonds is 6. The first-order valence-corrected chi connectivity index (χ1v) is 8.85. The zero-order valence-electron chi connectivity index (χ0n) is 12.2. The first kappa shape index (κ1) is 16.9. The molecule has 0 aromatic heterocycles. The third-order valence-corrected chi connectivity index (χ3v) is 4.05. The first-order chi connectivity index (χ1) is 10.3. The summed E-state index contributed by atoms with van der Waals surface area (Å²) in [7, 11) is -3.44. The van der Waals surface area contributed by atoms with E-state index in [2.05, 4.69) is 10.0 Å². The lowest BCUT2D eigenvalue weighted by atomic mass is 9.99. The lowest BCUT2D eigenvalue weighted by Gasteiger charge is -2.24. The Morgan fingerprint density at radius 1 is 1.41 bits per heavy atom. The molecule has 0 spiro atoms. The summed E-state index contributed by atoms with van der Waals surface area (Å²) in [6.45, 7) is 0.267. The molecule has 0 aliphatic carbocycles. The van der Waals surface area contributed by atoms with Crippen LogP contribution in [0.1, 0.15) is 24.4 Å².